The van der Waals surface area contributed by atoms with Crippen LogP contribution in [0.5, 0.6) is 0 Å². The van der Waals surface area contributed by atoms with E-state index in [0.29, 0.717) is 0 Å². The largest absolute Gasteiger partial charge is 0.303 e. The molecule has 0 unspecified atom stereocenters. The van der Waals surface area contributed by atoms with E-state index >= 15 is 0 Å². The molecule has 2 fully saturated rings. The van der Waals surface area contributed by atoms with Crippen molar-refractivity contribution in [2.24, 2.45) is 5.41 Å². The molecule has 3 rings (SSSR count). The van der Waals surface area contributed by atoms with Gasteiger partial charge in [0.2, 0.25) is 0 Å². The van der Waals surface area contributed by atoms with Crippen molar-refractivity contribution in [1.82, 2.24) is 4.90 Å². The van der Waals surface area contributed by atoms with Crippen molar-refractivity contribution in [2.75, 3.05) is 6.54 Å². The highest BCUT2D eigenvalue weighted by Crippen LogP contribution is 2.38. The highest BCUT2D eigenvalue weighted by molar-refractivity contribution is 7.09. The zero-order chi connectivity index (χ0) is 13.8. The third-order valence-corrected chi connectivity index (χ3v) is 5.73. The molecule has 0 saturated heterocycles. The highest BCUT2D eigenvalue weighted by Gasteiger charge is 2.37. The first-order chi connectivity index (χ1) is 9.81. The molecule has 0 aliphatic heterocycles. The van der Waals surface area contributed by atoms with Gasteiger partial charge in [-0.2, -0.15) is 0 Å². The molecule has 0 bridgehead atoms. The Hall–Kier alpha value is -0.670. The van der Waals surface area contributed by atoms with E-state index in [1.807, 2.05) is 11.3 Å². The summed E-state index contributed by atoms with van der Waals surface area (Å²) in [6.45, 7) is 2.02. The third-order valence-electron chi connectivity index (χ3n) is 4.87. The molecule has 110 valence electrons. The maximum atomic E-state index is 11.8. The molecular weight excluding hydrogens is 266 g/mol. The Labute approximate surface area is 126 Å². The molecule has 2 nitrogen and oxygen atoms in total. The van der Waals surface area contributed by atoms with E-state index in [1.165, 1.54) is 49.7 Å². The van der Waals surface area contributed by atoms with E-state index < -0.39 is 0 Å². The van der Waals surface area contributed by atoms with Gasteiger partial charge in [0, 0.05) is 29.4 Å². The van der Waals surface area contributed by atoms with Crippen LogP contribution in [0, 0.1) is 5.41 Å². The number of carbonyl (C=O) groups is 1. The number of carbonyl (C=O) groups excluding carboxylic acids is 1. The van der Waals surface area contributed by atoms with E-state index in [0.717, 1.165) is 32.0 Å². The van der Waals surface area contributed by atoms with Crippen molar-refractivity contribution in [3.8, 4) is 0 Å². The van der Waals surface area contributed by atoms with Gasteiger partial charge in [0.25, 0.3) is 0 Å². The van der Waals surface area contributed by atoms with Crippen molar-refractivity contribution in [2.45, 2.75) is 64.0 Å². The fourth-order valence-corrected chi connectivity index (χ4v) is 4.24. The molecule has 0 N–H and O–H groups in total. The summed E-state index contributed by atoms with van der Waals surface area (Å²) in [5.41, 5.74) is -0.0592. The molecule has 2 saturated carbocycles. The zero-order valence-electron chi connectivity index (χ0n) is 12.2. The normalized spacial score (nSPS) is 22.6. The van der Waals surface area contributed by atoms with Gasteiger partial charge in [-0.05, 0) is 37.1 Å². The molecule has 2 aliphatic rings. The number of nitrogens with zero attached hydrogens (tertiary/aromatic N) is 1. The van der Waals surface area contributed by atoms with Gasteiger partial charge in [-0.15, -0.1) is 11.3 Å². The van der Waals surface area contributed by atoms with Crippen molar-refractivity contribution in [3.63, 3.8) is 0 Å². The number of rotatable bonds is 6. The van der Waals surface area contributed by atoms with Crippen LogP contribution in [0.15, 0.2) is 17.5 Å². The van der Waals surface area contributed by atoms with Crippen LogP contribution < -0.4 is 0 Å². The van der Waals surface area contributed by atoms with E-state index in [2.05, 4.69) is 22.4 Å². The average molecular weight is 291 g/mol. The molecule has 0 atom stereocenters. The quantitative estimate of drug-likeness (QED) is 0.577. The Balaban J connectivity index is 1.69. The number of aldehydes is 1. The van der Waals surface area contributed by atoms with Crippen molar-refractivity contribution < 1.29 is 4.79 Å². The summed E-state index contributed by atoms with van der Waals surface area (Å²) in [6, 6.07) is 5.09. The molecule has 1 aromatic rings. The van der Waals surface area contributed by atoms with Crippen LogP contribution in [0.4, 0.5) is 0 Å². The molecule has 20 heavy (non-hydrogen) atoms. The number of hydrogen-bond acceptors (Lipinski definition) is 3. The molecular formula is C17H25NOS. The summed E-state index contributed by atoms with van der Waals surface area (Å²) in [7, 11) is 0. The van der Waals surface area contributed by atoms with Crippen molar-refractivity contribution in [1.29, 1.82) is 0 Å². The minimum atomic E-state index is -0.0592. The first kappa shape index (κ1) is 14.3. The standard InChI is InChI=1S/C17H25NOS/c19-14-17(9-3-1-2-4-10-17)13-18(15-7-8-15)12-16-6-5-11-20-16/h5-6,11,14-15H,1-4,7-10,12-13H2. The molecule has 0 spiro atoms. The predicted molar refractivity (Wildman–Crippen MR) is 84.0 cm³/mol. The summed E-state index contributed by atoms with van der Waals surface area (Å²) in [5, 5.41) is 2.15. The van der Waals surface area contributed by atoms with Gasteiger partial charge < -0.3 is 4.79 Å². The minimum absolute atomic E-state index is 0.0592. The fourth-order valence-electron chi connectivity index (χ4n) is 3.51. The topological polar surface area (TPSA) is 20.3 Å². The molecule has 0 amide bonds. The van der Waals surface area contributed by atoms with Gasteiger partial charge in [-0.1, -0.05) is 31.7 Å². The summed E-state index contributed by atoms with van der Waals surface area (Å²) < 4.78 is 0. The highest BCUT2D eigenvalue weighted by atomic mass is 32.1. The summed E-state index contributed by atoms with van der Waals surface area (Å²) in [5.74, 6) is 0. The Morgan fingerprint density at radius 3 is 2.55 bits per heavy atom. The van der Waals surface area contributed by atoms with E-state index in [1.54, 1.807) is 0 Å². The van der Waals surface area contributed by atoms with Gasteiger partial charge in [-0.3, -0.25) is 4.90 Å². The van der Waals surface area contributed by atoms with Gasteiger partial charge in [0.05, 0.1) is 0 Å². The minimum Gasteiger partial charge on any atom is -0.303 e. The van der Waals surface area contributed by atoms with Gasteiger partial charge >= 0.3 is 0 Å². The number of hydrogen-bond donors (Lipinski definition) is 0. The Kier molecular flexibility index (Phi) is 4.57. The summed E-state index contributed by atoms with van der Waals surface area (Å²) in [4.78, 5) is 15.8. The van der Waals surface area contributed by atoms with Crippen LogP contribution in [0.3, 0.4) is 0 Å². The monoisotopic (exact) mass is 291 g/mol. The molecule has 0 aromatic carbocycles. The van der Waals surface area contributed by atoms with E-state index in [9.17, 15) is 4.79 Å². The predicted octanol–water partition coefficient (Wildman–Crippen LogP) is 4.25. The Bertz CT molecular complexity index is 416. The first-order valence-corrected chi connectivity index (χ1v) is 8.92. The summed E-state index contributed by atoms with van der Waals surface area (Å²) >= 11 is 1.84. The van der Waals surface area contributed by atoms with Crippen LogP contribution in [-0.4, -0.2) is 23.8 Å². The lowest BCUT2D eigenvalue weighted by Gasteiger charge is -2.33. The molecule has 2 aliphatic carbocycles. The Morgan fingerprint density at radius 2 is 2.00 bits per heavy atom. The second-order valence-electron chi connectivity index (χ2n) is 6.61. The smallest absolute Gasteiger partial charge is 0.127 e. The molecule has 0 radical (unpaired) electrons. The SMILES string of the molecule is O=CC1(CN(Cc2cccs2)C2CC2)CCCCCC1. The van der Waals surface area contributed by atoms with Crippen LogP contribution >= 0.6 is 11.3 Å². The van der Waals surface area contributed by atoms with Crippen LogP contribution in [0.1, 0.15) is 56.2 Å². The summed E-state index contributed by atoms with van der Waals surface area (Å²) in [6.07, 6.45) is 11.2. The maximum absolute atomic E-state index is 11.8. The maximum Gasteiger partial charge on any atom is 0.127 e. The Morgan fingerprint density at radius 1 is 1.25 bits per heavy atom. The lowest BCUT2D eigenvalue weighted by Crippen LogP contribution is -2.39. The molecule has 1 aromatic heterocycles. The van der Waals surface area contributed by atoms with Crippen molar-refractivity contribution in [3.05, 3.63) is 22.4 Å². The van der Waals surface area contributed by atoms with Gasteiger partial charge in [-0.25, -0.2) is 0 Å². The van der Waals surface area contributed by atoms with E-state index in [4.69, 9.17) is 0 Å². The van der Waals surface area contributed by atoms with E-state index in [-0.39, 0.29) is 5.41 Å². The zero-order valence-corrected chi connectivity index (χ0v) is 13.0. The average Bonchev–Trinajstić information content (AvgIpc) is 3.23. The first-order valence-electron chi connectivity index (χ1n) is 8.04. The lowest BCUT2D eigenvalue weighted by atomic mass is 9.81. The van der Waals surface area contributed by atoms with Gasteiger partial charge in [0.1, 0.15) is 6.29 Å². The van der Waals surface area contributed by atoms with Crippen molar-refractivity contribution >= 4 is 17.6 Å². The van der Waals surface area contributed by atoms with Crippen LogP contribution in [0.2, 0.25) is 0 Å². The second-order valence-corrected chi connectivity index (χ2v) is 7.64. The molecule has 1 heterocycles. The van der Waals surface area contributed by atoms with Crippen LogP contribution in [-0.2, 0) is 11.3 Å². The van der Waals surface area contributed by atoms with Crippen LogP contribution in [0.25, 0.3) is 0 Å². The fraction of sp³-hybridized carbons (Fsp3) is 0.706. The molecule has 3 heteroatoms. The number of thiophene rings is 1. The van der Waals surface area contributed by atoms with Gasteiger partial charge in [0.15, 0.2) is 0 Å². The lowest BCUT2D eigenvalue weighted by molar-refractivity contribution is -0.118. The third kappa shape index (κ3) is 3.50. The second kappa shape index (κ2) is 6.40.